The van der Waals surface area contributed by atoms with Gasteiger partial charge in [0.1, 0.15) is 11.6 Å². The number of anilines is 3. The van der Waals surface area contributed by atoms with Gasteiger partial charge >= 0.3 is 0 Å². The fourth-order valence-electron chi connectivity index (χ4n) is 1.55. The predicted molar refractivity (Wildman–Crippen MR) is 82.4 cm³/mol. The van der Waals surface area contributed by atoms with Crippen molar-refractivity contribution in [3.05, 3.63) is 47.4 Å². The van der Waals surface area contributed by atoms with Crippen LogP contribution in [0, 0.1) is 11.7 Å². The molecule has 1 amide bonds. The van der Waals surface area contributed by atoms with E-state index in [2.05, 4.69) is 15.6 Å². The number of nitrogens with zero attached hydrogens (tertiary/aromatic N) is 1. The third kappa shape index (κ3) is 4.16. The first-order chi connectivity index (χ1) is 9.95. The quantitative estimate of drug-likeness (QED) is 0.889. The lowest BCUT2D eigenvalue weighted by Gasteiger charge is -2.09. The Kier molecular flexibility index (Phi) is 4.75. The molecule has 6 heteroatoms. The van der Waals surface area contributed by atoms with Crippen molar-refractivity contribution in [3.8, 4) is 0 Å². The van der Waals surface area contributed by atoms with Gasteiger partial charge in [-0.2, -0.15) is 0 Å². The average Bonchev–Trinajstić information content (AvgIpc) is 2.45. The normalized spacial score (nSPS) is 10.5. The van der Waals surface area contributed by atoms with Crippen molar-refractivity contribution in [1.29, 1.82) is 0 Å². The number of nitrogens with one attached hydrogen (secondary N) is 2. The molecule has 0 saturated carbocycles. The molecule has 1 aromatic heterocycles. The summed E-state index contributed by atoms with van der Waals surface area (Å²) in [4.78, 5) is 15.7. The lowest BCUT2D eigenvalue weighted by atomic mass is 10.2. The van der Waals surface area contributed by atoms with Gasteiger partial charge in [-0.05, 0) is 30.3 Å². The van der Waals surface area contributed by atoms with Gasteiger partial charge in [0.15, 0.2) is 0 Å². The zero-order valence-electron chi connectivity index (χ0n) is 11.7. The van der Waals surface area contributed by atoms with Gasteiger partial charge in [-0.25, -0.2) is 9.37 Å². The highest BCUT2D eigenvalue weighted by Crippen LogP contribution is 2.22. The van der Waals surface area contributed by atoms with E-state index in [0.717, 1.165) is 0 Å². The Balaban J connectivity index is 2.05. The van der Waals surface area contributed by atoms with E-state index in [4.69, 9.17) is 11.6 Å². The van der Waals surface area contributed by atoms with Gasteiger partial charge < -0.3 is 10.6 Å². The largest absolute Gasteiger partial charge is 0.354 e. The van der Waals surface area contributed by atoms with Crippen LogP contribution < -0.4 is 10.6 Å². The Labute approximate surface area is 127 Å². The number of hydrogen-bond acceptors (Lipinski definition) is 3. The van der Waals surface area contributed by atoms with Crippen molar-refractivity contribution in [3.63, 3.8) is 0 Å². The SMILES string of the molecule is CC(C)C(=O)Nc1ccc(Nc2ccc(F)c(Cl)c2)cn1. The average molecular weight is 308 g/mol. The molecule has 2 rings (SSSR count). The second-order valence-corrected chi connectivity index (χ2v) is 5.24. The number of halogens is 2. The van der Waals surface area contributed by atoms with E-state index in [1.54, 1.807) is 24.4 Å². The summed E-state index contributed by atoms with van der Waals surface area (Å²) in [7, 11) is 0. The van der Waals surface area contributed by atoms with Gasteiger partial charge in [0.05, 0.1) is 16.9 Å². The number of amides is 1. The number of rotatable bonds is 4. The van der Waals surface area contributed by atoms with E-state index in [1.807, 2.05) is 13.8 Å². The van der Waals surface area contributed by atoms with Crippen LogP contribution in [0.3, 0.4) is 0 Å². The van der Waals surface area contributed by atoms with Gasteiger partial charge in [0.2, 0.25) is 5.91 Å². The van der Waals surface area contributed by atoms with Gasteiger partial charge in [-0.1, -0.05) is 25.4 Å². The van der Waals surface area contributed by atoms with E-state index in [9.17, 15) is 9.18 Å². The van der Waals surface area contributed by atoms with Crippen LogP contribution in [0.4, 0.5) is 21.6 Å². The maximum atomic E-state index is 13.1. The zero-order valence-corrected chi connectivity index (χ0v) is 12.4. The summed E-state index contributed by atoms with van der Waals surface area (Å²) < 4.78 is 13.1. The highest BCUT2D eigenvalue weighted by atomic mass is 35.5. The third-order valence-electron chi connectivity index (χ3n) is 2.75. The summed E-state index contributed by atoms with van der Waals surface area (Å²) >= 11 is 5.71. The van der Waals surface area contributed by atoms with Crippen LogP contribution in [0.2, 0.25) is 5.02 Å². The molecule has 0 fully saturated rings. The van der Waals surface area contributed by atoms with E-state index in [0.29, 0.717) is 17.2 Å². The molecule has 21 heavy (non-hydrogen) atoms. The van der Waals surface area contributed by atoms with E-state index >= 15 is 0 Å². The summed E-state index contributed by atoms with van der Waals surface area (Å²) in [6, 6.07) is 7.81. The molecule has 0 unspecified atom stereocenters. The Hall–Kier alpha value is -2.14. The van der Waals surface area contributed by atoms with Crippen LogP contribution in [0.1, 0.15) is 13.8 Å². The van der Waals surface area contributed by atoms with Crippen molar-refractivity contribution >= 4 is 34.7 Å². The van der Waals surface area contributed by atoms with Crippen LogP contribution in [0.25, 0.3) is 0 Å². The molecule has 1 aromatic carbocycles. The lowest BCUT2D eigenvalue weighted by Crippen LogP contribution is -2.18. The maximum absolute atomic E-state index is 13.1. The summed E-state index contributed by atoms with van der Waals surface area (Å²) in [6.45, 7) is 3.62. The topological polar surface area (TPSA) is 54.0 Å². The van der Waals surface area contributed by atoms with Gasteiger partial charge in [-0.3, -0.25) is 4.79 Å². The molecule has 4 nitrogen and oxygen atoms in total. The van der Waals surface area contributed by atoms with E-state index in [-0.39, 0.29) is 16.8 Å². The summed E-state index contributed by atoms with van der Waals surface area (Å²) in [5.74, 6) is -0.178. The molecular formula is C15H15ClFN3O. The molecule has 0 radical (unpaired) electrons. The minimum Gasteiger partial charge on any atom is -0.354 e. The fourth-order valence-corrected chi connectivity index (χ4v) is 1.73. The molecule has 0 saturated heterocycles. The fraction of sp³-hybridized carbons (Fsp3) is 0.200. The first kappa shape index (κ1) is 15.3. The van der Waals surface area contributed by atoms with Gasteiger partial charge in [-0.15, -0.1) is 0 Å². The van der Waals surface area contributed by atoms with Crippen LogP contribution >= 0.6 is 11.6 Å². The smallest absolute Gasteiger partial charge is 0.228 e. The molecule has 0 bridgehead atoms. The number of carbonyl (C=O) groups is 1. The molecule has 1 heterocycles. The third-order valence-corrected chi connectivity index (χ3v) is 3.04. The second kappa shape index (κ2) is 6.54. The molecule has 0 spiro atoms. The first-order valence-corrected chi connectivity index (χ1v) is 6.82. The molecule has 2 aromatic rings. The summed E-state index contributed by atoms with van der Waals surface area (Å²) in [5, 5.41) is 5.80. The van der Waals surface area contributed by atoms with Crippen molar-refractivity contribution in [2.45, 2.75) is 13.8 Å². The minimum atomic E-state index is -0.466. The van der Waals surface area contributed by atoms with Crippen LogP contribution in [0.5, 0.6) is 0 Å². The molecule has 2 N–H and O–H groups in total. The van der Waals surface area contributed by atoms with Crippen molar-refractivity contribution in [2.24, 2.45) is 5.92 Å². The van der Waals surface area contributed by atoms with E-state index in [1.165, 1.54) is 12.1 Å². The van der Waals surface area contributed by atoms with Crippen molar-refractivity contribution < 1.29 is 9.18 Å². The van der Waals surface area contributed by atoms with Crippen molar-refractivity contribution in [2.75, 3.05) is 10.6 Å². The van der Waals surface area contributed by atoms with Crippen LogP contribution in [-0.4, -0.2) is 10.9 Å². The molecule has 0 aliphatic heterocycles. The zero-order chi connectivity index (χ0) is 15.4. The lowest BCUT2D eigenvalue weighted by molar-refractivity contribution is -0.118. The number of pyridine rings is 1. The molecular weight excluding hydrogens is 293 g/mol. The molecule has 0 atom stereocenters. The standard InChI is InChI=1S/C15H15ClFN3O/c1-9(2)15(21)20-14-6-4-11(8-18-14)19-10-3-5-13(17)12(16)7-10/h3-9,19H,1-2H3,(H,18,20,21). The Morgan fingerprint density at radius 2 is 1.95 bits per heavy atom. The highest BCUT2D eigenvalue weighted by molar-refractivity contribution is 6.31. The number of carbonyl (C=O) groups excluding carboxylic acids is 1. The van der Waals surface area contributed by atoms with Crippen LogP contribution in [-0.2, 0) is 4.79 Å². The maximum Gasteiger partial charge on any atom is 0.228 e. The molecule has 110 valence electrons. The molecule has 0 aliphatic rings. The Bertz CT molecular complexity index is 644. The molecule has 0 aliphatic carbocycles. The van der Waals surface area contributed by atoms with Gasteiger partial charge in [0, 0.05) is 11.6 Å². The Morgan fingerprint density at radius 3 is 2.52 bits per heavy atom. The van der Waals surface area contributed by atoms with Crippen LogP contribution in [0.15, 0.2) is 36.5 Å². The minimum absolute atomic E-state index is 0.0498. The number of benzene rings is 1. The van der Waals surface area contributed by atoms with E-state index < -0.39 is 5.82 Å². The number of hydrogen-bond donors (Lipinski definition) is 2. The summed E-state index contributed by atoms with van der Waals surface area (Å²) in [5.41, 5.74) is 1.36. The Morgan fingerprint density at radius 1 is 1.24 bits per heavy atom. The first-order valence-electron chi connectivity index (χ1n) is 6.44. The van der Waals surface area contributed by atoms with Crippen molar-refractivity contribution in [1.82, 2.24) is 4.98 Å². The predicted octanol–water partition coefficient (Wildman–Crippen LogP) is 4.21. The second-order valence-electron chi connectivity index (χ2n) is 4.83. The highest BCUT2D eigenvalue weighted by Gasteiger charge is 2.07. The summed E-state index contributed by atoms with van der Waals surface area (Å²) in [6.07, 6.45) is 1.58. The number of aromatic nitrogens is 1. The monoisotopic (exact) mass is 307 g/mol. The van der Waals surface area contributed by atoms with Gasteiger partial charge in [0.25, 0.3) is 0 Å².